The van der Waals surface area contributed by atoms with Crippen LogP contribution in [0.25, 0.3) is 0 Å². The molecule has 41 heavy (non-hydrogen) atoms. The van der Waals surface area contributed by atoms with Crippen molar-refractivity contribution in [1.29, 1.82) is 0 Å². The highest BCUT2D eigenvalue weighted by molar-refractivity contribution is 5.92. The molecule has 0 bridgehead atoms. The summed E-state index contributed by atoms with van der Waals surface area (Å²) in [6, 6.07) is -2.82. The highest BCUT2D eigenvalue weighted by Crippen LogP contribution is 2.18. The highest BCUT2D eigenvalue weighted by atomic mass is 16.6. The zero-order valence-electron chi connectivity index (χ0n) is 25.4. The lowest BCUT2D eigenvalue weighted by Gasteiger charge is -2.32. The van der Waals surface area contributed by atoms with E-state index < -0.39 is 53.7 Å². The average Bonchev–Trinajstić information content (AvgIpc) is 3.26. The van der Waals surface area contributed by atoms with Gasteiger partial charge in [0.1, 0.15) is 18.7 Å². The van der Waals surface area contributed by atoms with Crippen LogP contribution >= 0.6 is 0 Å². The number of nitrogens with one attached hydrogen (secondary N) is 4. The lowest BCUT2D eigenvalue weighted by molar-refractivity contribution is -0.137. The molecule has 0 aromatic heterocycles. The number of alkyl carbamates (subject to hydrolysis) is 1. The molecular weight excluding hydrogens is 532 g/mol. The van der Waals surface area contributed by atoms with E-state index in [1.165, 1.54) is 18.2 Å². The summed E-state index contributed by atoms with van der Waals surface area (Å²) in [7, 11) is 0. The molecule has 1 heterocycles. The van der Waals surface area contributed by atoms with Crippen molar-refractivity contribution in [2.45, 2.75) is 97.6 Å². The Balaban J connectivity index is 3.16. The molecule has 4 amide bonds. The maximum atomic E-state index is 13.5. The molecule has 1 aliphatic heterocycles. The molecule has 1 rings (SSSR count). The fourth-order valence-electron chi connectivity index (χ4n) is 4.32. The van der Waals surface area contributed by atoms with Gasteiger partial charge in [-0.2, -0.15) is 0 Å². The summed E-state index contributed by atoms with van der Waals surface area (Å²) in [6.07, 6.45) is 3.67. The number of amides is 4. The van der Waals surface area contributed by atoms with Crippen molar-refractivity contribution >= 4 is 29.8 Å². The second-order valence-corrected chi connectivity index (χ2v) is 11.4. The predicted molar refractivity (Wildman–Crippen MR) is 154 cm³/mol. The van der Waals surface area contributed by atoms with Crippen molar-refractivity contribution in [2.75, 3.05) is 19.8 Å². The molecule has 1 unspecified atom stereocenters. The van der Waals surface area contributed by atoms with Gasteiger partial charge >= 0.3 is 12.1 Å². The number of carbonyl (C=O) groups excluding carboxylic acids is 5. The number of ether oxygens (including phenoxy) is 3. The van der Waals surface area contributed by atoms with E-state index in [2.05, 4.69) is 27.8 Å². The number of hydrogen-bond donors (Lipinski definition) is 4. The van der Waals surface area contributed by atoms with Gasteiger partial charge in [-0.25, -0.2) is 9.59 Å². The van der Waals surface area contributed by atoms with E-state index in [9.17, 15) is 24.0 Å². The molecule has 0 aromatic carbocycles. The van der Waals surface area contributed by atoms with Crippen LogP contribution in [-0.4, -0.2) is 79.4 Å². The van der Waals surface area contributed by atoms with Gasteiger partial charge in [0, 0.05) is 24.6 Å². The minimum absolute atomic E-state index is 0.0207. The zero-order valence-corrected chi connectivity index (χ0v) is 25.4. The Hall–Kier alpha value is -3.41. The minimum atomic E-state index is -1.17. The van der Waals surface area contributed by atoms with Gasteiger partial charge in [-0.1, -0.05) is 32.6 Å². The molecule has 12 nitrogen and oxygen atoms in total. The molecule has 4 N–H and O–H groups in total. The average molecular weight is 581 g/mol. The lowest BCUT2D eigenvalue weighted by atomic mass is 9.96. The quantitative estimate of drug-likeness (QED) is 0.123. The van der Waals surface area contributed by atoms with E-state index in [1.54, 1.807) is 13.8 Å². The molecule has 232 valence electrons. The van der Waals surface area contributed by atoms with E-state index in [4.69, 9.17) is 14.2 Å². The molecule has 5 atom stereocenters. The normalized spacial score (nSPS) is 18.1. The topological polar surface area (TPSA) is 161 Å². The van der Waals surface area contributed by atoms with Crippen molar-refractivity contribution in [3.63, 3.8) is 0 Å². The molecule has 0 aromatic rings. The van der Waals surface area contributed by atoms with Crippen LogP contribution in [0.3, 0.4) is 0 Å². The fraction of sp³-hybridized carbons (Fsp3) is 0.690. The van der Waals surface area contributed by atoms with Crippen LogP contribution in [0.15, 0.2) is 24.8 Å². The molecule has 0 radical (unpaired) electrons. The largest absolute Gasteiger partial charge is 0.463 e. The molecule has 1 aliphatic rings. The van der Waals surface area contributed by atoms with Crippen LogP contribution in [0.5, 0.6) is 0 Å². The third-order valence-electron chi connectivity index (χ3n) is 6.02. The van der Waals surface area contributed by atoms with Gasteiger partial charge in [-0.3, -0.25) is 14.4 Å². The molecule has 12 heteroatoms. The van der Waals surface area contributed by atoms with Gasteiger partial charge < -0.3 is 35.5 Å². The summed E-state index contributed by atoms with van der Waals surface area (Å²) in [5, 5.41) is 10.9. The number of rotatable bonds is 16. The summed E-state index contributed by atoms with van der Waals surface area (Å²) >= 11 is 0. The predicted octanol–water partition coefficient (Wildman–Crippen LogP) is 2.13. The Morgan fingerprint density at radius 3 is 2.29 bits per heavy atom. The van der Waals surface area contributed by atoms with Gasteiger partial charge in [0.05, 0.1) is 18.3 Å². The SMILES string of the molecule is C=CCOC(=O)N[C@H](C(=O)N[C@@H](CC(C)C)C(=O)N[C@H](/C=C/C(=O)OCC)C[C@@H]1CCNC1=O)C(C)OC(C)(C)C. The molecule has 0 saturated carbocycles. The van der Waals surface area contributed by atoms with Crippen LogP contribution in [0, 0.1) is 11.8 Å². The Morgan fingerprint density at radius 2 is 1.76 bits per heavy atom. The molecular formula is C29H48N4O8. The third kappa shape index (κ3) is 14.2. The Morgan fingerprint density at radius 1 is 1.07 bits per heavy atom. The van der Waals surface area contributed by atoms with Crippen molar-refractivity contribution in [1.82, 2.24) is 21.3 Å². The third-order valence-corrected chi connectivity index (χ3v) is 6.02. The minimum Gasteiger partial charge on any atom is -0.463 e. The molecule has 0 aliphatic carbocycles. The fourth-order valence-corrected chi connectivity index (χ4v) is 4.32. The monoisotopic (exact) mass is 580 g/mol. The first kappa shape index (κ1) is 35.6. The van der Waals surface area contributed by atoms with Gasteiger partial charge in [-0.15, -0.1) is 0 Å². The van der Waals surface area contributed by atoms with Crippen molar-refractivity contribution in [2.24, 2.45) is 11.8 Å². The highest BCUT2D eigenvalue weighted by Gasteiger charge is 2.35. The van der Waals surface area contributed by atoms with Gasteiger partial charge in [0.25, 0.3) is 0 Å². The number of hydrogen-bond acceptors (Lipinski definition) is 8. The van der Waals surface area contributed by atoms with E-state index >= 15 is 0 Å². The standard InChI is InChI=1S/C29H48N4O8/c1-9-15-40-28(38)33-24(19(5)41-29(6,7)8)27(37)32-22(16-18(3)4)26(36)31-21(11-12-23(34)39-10-2)17-20-13-14-30-25(20)35/h9,11-12,18-22,24H,1,10,13-17H2,2-8H3,(H,30,35)(H,31,36)(H,32,37)(H,33,38)/b12-11+/t19?,20-,21+,22-,24-/m0/s1. The maximum Gasteiger partial charge on any atom is 0.408 e. The first-order chi connectivity index (χ1) is 19.2. The first-order valence-electron chi connectivity index (χ1n) is 14.1. The van der Waals surface area contributed by atoms with Crippen LogP contribution in [0.1, 0.15) is 67.7 Å². The Bertz CT molecular complexity index is 944. The van der Waals surface area contributed by atoms with E-state index in [0.29, 0.717) is 13.0 Å². The summed E-state index contributed by atoms with van der Waals surface area (Å²) < 4.78 is 15.9. The summed E-state index contributed by atoms with van der Waals surface area (Å²) in [6.45, 7) is 16.8. The second kappa shape index (κ2) is 17.4. The van der Waals surface area contributed by atoms with E-state index in [-0.39, 0.29) is 43.8 Å². The Kier molecular flexibility index (Phi) is 15.1. The van der Waals surface area contributed by atoms with Crippen molar-refractivity contribution < 1.29 is 38.2 Å². The Labute approximate surface area is 243 Å². The van der Waals surface area contributed by atoms with Crippen LogP contribution in [0.4, 0.5) is 4.79 Å². The lowest BCUT2D eigenvalue weighted by Crippen LogP contribution is -2.59. The summed E-state index contributed by atoms with van der Waals surface area (Å²) in [5.74, 6) is -2.14. The molecule has 1 fully saturated rings. The van der Waals surface area contributed by atoms with Gasteiger partial charge in [0.2, 0.25) is 17.7 Å². The van der Waals surface area contributed by atoms with Crippen LogP contribution in [-0.2, 0) is 33.4 Å². The number of esters is 1. The first-order valence-corrected chi connectivity index (χ1v) is 14.1. The summed E-state index contributed by atoms with van der Waals surface area (Å²) in [4.78, 5) is 63.4. The maximum absolute atomic E-state index is 13.5. The van der Waals surface area contributed by atoms with Gasteiger partial charge in [-0.05, 0) is 59.8 Å². The smallest absolute Gasteiger partial charge is 0.408 e. The van der Waals surface area contributed by atoms with Crippen molar-refractivity contribution in [3.05, 3.63) is 24.8 Å². The number of carbonyl (C=O) groups is 5. The molecule has 1 saturated heterocycles. The second-order valence-electron chi connectivity index (χ2n) is 11.4. The summed E-state index contributed by atoms with van der Waals surface area (Å²) in [5.41, 5.74) is -0.621. The van der Waals surface area contributed by atoms with Crippen LogP contribution < -0.4 is 21.3 Å². The zero-order chi connectivity index (χ0) is 31.2. The molecule has 0 spiro atoms. The van der Waals surface area contributed by atoms with E-state index in [1.807, 2.05) is 34.6 Å². The van der Waals surface area contributed by atoms with E-state index in [0.717, 1.165) is 0 Å². The van der Waals surface area contributed by atoms with Gasteiger partial charge in [0.15, 0.2) is 0 Å². The van der Waals surface area contributed by atoms with Crippen molar-refractivity contribution in [3.8, 4) is 0 Å². The van der Waals surface area contributed by atoms with Crippen LogP contribution in [0.2, 0.25) is 0 Å².